The molecule has 0 aliphatic carbocycles. The Morgan fingerprint density at radius 1 is 1.38 bits per heavy atom. The fraction of sp³-hybridized carbons (Fsp3) is 0.250. The van der Waals surface area contributed by atoms with Crippen LogP contribution in [0.4, 0.5) is 8.78 Å². The molecule has 0 saturated carbocycles. The smallest absolute Gasteiger partial charge is 0.224 e. The van der Waals surface area contributed by atoms with Crippen LogP contribution in [0, 0.1) is 24.0 Å². The molecular weight excluding hydrogens is 212 g/mol. The normalized spacial score (nSPS) is 9.56. The summed E-state index contributed by atoms with van der Waals surface area (Å²) < 4.78 is 25.4. The molecule has 0 saturated heterocycles. The summed E-state index contributed by atoms with van der Waals surface area (Å²) in [5.74, 6) is 0.246. The van der Waals surface area contributed by atoms with E-state index in [1.807, 2.05) is 0 Å². The predicted octanol–water partition coefficient (Wildman–Crippen LogP) is 1.65. The highest BCUT2D eigenvalue weighted by atomic mass is 19.2. The van der Waals surface area contributed by atoms with Crippen LogP contribution in [0.3, 0.4) is 0 Å². The van der Waals surface area contributed by atoms with Crippen molar-refractivity contribution in [2.45, 2.75) is 12.8 Å². The Labute approximate surface area is 92.7 Å². The zero-order chi connectivity index (χ0) is 12.0. The van der Waals surface area contributed by atoms with Gasteiger partial charge in [-0.3, -0.25) is 4.79 Å². The Kier molecular flexibility index (Phi) is 4.46. The molecule has 1 aromatic rings. The molecule has 1 N–H and O–H groups in total. The second kappa shape index (κ2) is 5.86. The van der Waals surface area contributed by atoms with E-state index in [2.05, 4.69) is 11.2 Å². The molecule has 0 bridgehead atoms. The topological polar surface area (TPSA) is 29.1 Å². The number of nitrogens with one attached hydrogen (secondary N) is 1. The van der Waals surface area contributed by atoms with Crippen molar-refractivity contribution in [3.05, 3.63) is 35.4 Å². The van der Waals surface area contributed by atoms with Gasteiger partial charge in [0.15, 0.2) is 11.6 Å². The number of carbonyl (C=O) groups is 1. The van der Waals surface area contributed by atoms with Crippen LogP contribution in [0.5, 0.6) is 0 Å². The highest BCUT2D eigenvalue weighted by molar-refractivity contribution is 5.78. The molecule has 16 heavy (non-hydrogen) atoms. The number of hydrogen-bond donors (Lipinski definition) is 1. The van der Waals surface area contributed by atoms with Gasteiger partial charge in [-0.2, -0.15) is 0 Å². The van der Waals surface area contributed by atoms with Gasteiger partial charge in [0.2, 0.25) is 5.91 Å². The largest absolute Gasteiger partial charge is 0.355 e. The molecular formula is C12H11F2NO. The molecule has 4 heteroatoms. The first-order chi connectivity index (χ1) is 7.63. The van der Waals surface area contributed by atoms with Gasteiger partial charge in [0.25, 0.3) is 0 Å². The van der Waals surface area contributed by atoms with Crippen LogP contribution >= 0.6 is 0 Å². The van der Waals surface area contributed by atoms with E-state index in [0.717, 1.165) is 12.1 Å². The average Bonchev–Trinajstić information content (AvgIpc) is 2.24. The number of amides is 1. The van der Waals surface area contributed by atoms with Crippen LogP contribution < -0.4 is 5.32 Å². The third-order valence-corrected chi connectivity index (χ3v) is 1.94. The summed E-state index contributed by atoms with van der Waals surface area (Å²) in [5, 5.41) is 2.57. The molecule has 0 aromatic heterocycles. The van der Waals surface area contributed by atoms with E-state index < -0.39 is 11.6 Å². The SMILES string of the molecule is C#CCCNC(=O)Cc1ccc(F)c(F)c1. The van der Waals surface area contributed by atoms with Crippen molar-refractivity contribution in [3.63, 3.8) is 0 Å². The summed E-state index contributed by atoms with van der Waals surface area (Å²) in [6.45, 7) is 0.388. The van der Waals surface area contributed by atoms with Crippen LogP contribution in [-0.2, 0) is 11.2 Å². The standard InChI is InChI=1S/C12H11F2NO/c1-2-3-6-15-12(16)8-9-4-5-10(13)11(14)7-9/h1,4-5,7H,3,6,8H2,(H,15,16). The van der Waals surface area contributed by atoms with Crippen molar-refractivity contribution < 1.29 is 13.6 Å². The van der Waals surface area contributed by atoms with Crippen molar-refractivity contribution in [2.75, 3.05) is 6.54 Å². The van der Waals surface area contributed by atoms with Crippen molar-refractivity contribution >= 4 is 5.91 Å². The second-order valence-corrected chi connectivity index (χ2v) is 3.23. The first-order valence-electron chi connectivity index (χ1n) is 4.77. The Morgan fingerprint density at radius 2 is 2.12 bits per heavy atom. The molecule has 0 fully saturated rings. The lowest BCUT2D eigenvalue weighted by Gasteiger charge is -2.03. The van der Waals surface area contributed by atoms with Crippen LogP contribution in [-0.4, -0.2) is 12.5 Å². The van der Waals surface area contributed by atoms with E-state index in [0.29, 0.717) is 18.5 Å². The van der Waals surface area contributed by atoms with Crippen molar-refractivity contribution in [3.8, 4) is 12.3 Å². The van der Waals surface area contributed by atoms with Crippen LogP contribution in [0.2, 0.25) is 0 Å². The van der Waals surface area contributed by atoms with Gasteiger partial charge in [-0.1, -0.05) is 6.07 Å². The van der Waals surface area contributed by atoms with Crippen LogP contribution in [0.25, 0.3) is 0 Å². The summed E-state index contributed by atoms with van der Waals surface area (Å²) in [5.41, 5.74) is 0.428. The molecule has 1 amide bonds. The monoisotopic (exact) mass is 223 g/mol. The summed E-state index contributed by atoms with van der Waals surface area (Å²) >= 11 is 0. The second-order valence-electron chi connectivity index (χ2n) is 3.23. The lowest BCUT2D eigenvalue weighted by molar-refractivity contribution is -0.120. The molecule has 0 unspecified atom stereocenters. The molecule has 0 spiro atoms. The van der Waals surface area contributed by atoms with Gasteiger partial charge in [-0.15, -0.1) is 12.3 Å². The van der Waals surface area contributed by atoms with E-state index in [4.69, 9.17) is 6.42 Å². The number of benzene rings is 1. The Bertz CT molecular complexity index is 424. The van der Waals surface area contributed by atoms with Gasteiger partial charge in [0, 0.05) is 13.0 Å². The van der Waals surface area contributed by atoms with Crippen LogP contribution in [0.15, 0.2) is 18.2 Å². The maximum Gasteiger partial charge on any atom is 0.224 e. The summed E-state index contributed by atoms with van der Waals surface area (Å²) in [4.78, 5) is 11.3. The predicted molar refractivity (Wildman–Crippen MR) is 56.5 cm³/mol. The molecule has 1 rings (SSSR count). The first-order valence-corrected chi connectivity index (χ1v) is 4.77. The lowest BCUT2D eigenvalue weighted by atomic mass is 10.1. The first kappa shape index (κ1) is 12.2. The third-order valence-electron chi connectivity index (χ3n) is 1.94. The zero-order valence-electron chi connectivity index (χ0n) is 8.59. The van der Waals surface area contributed by atoms with Crippen molar-refractivity contribution in [1.82, 2.24) is 5.32 Å². The van der Waals surface area contributed by atoms with Gasteiger partial charge in [0.05, 0.1) is 6.42 Å². The van der Waals surface area contributed by atoms with Crippen molar-refractivity contribution in [1.29, 1.82) is 0 Å². The number of halogens is 2. The Balaban J connectivity index is 2.50. The number of carbonyl (C=O) groups excluding carboxylic acids is 1. The van der Waals surface area contributed by atoms with E-state index >= 15 is 0 Å². The molecule has 0 atom stereocenters. The van der Waals surface area contributed by atoms with E-state index in [1.54, 1.807) is 0 Å². The van der Waals surface area contributed by atoms with Gasteiger partial charge < -0.3 is 5.32 Å². The maximum absolute atomic E-state index is 12.8. The van der Waals surface area contributed by atoms with E-state index in [9.17, 15) is 13.6 Å². The summed E-state index contributed by atoms with van der Waals surface area (Å²) in [7, 11) is 0. The summed E-state index contributed by atoms with van der Waals surface area (Å²) in [6, 6.07) is 3.38. The molecule has 0 radical (unpaired) electrons. The molecule has 0 heterocycles. The Hall–Kier alpha value is -1.89. The average molecular weight is 223 g/mol. The third kappa shape index (κ3) is 3.70. The molecule has 2 nitrogen and oxygen atoms in total. The quantitative estimate of drug-likeness (QED) is 0.610. The summed E-state index contributed by atoms with van der Waals surface area (Å²) in [6.07, 6.45) is 5.47. The zero-order valence-corrected chi connectivity index (χ0v) is 8.59. The van der Waals surface area contributed by atoms with Crippen LogP contribution in [0.1, 0.15) is 12.0 Å². The lowest BCUT2D eigenvalue weighted by Crippen LogP contribution is -2.25. The highest BCUT2D eigenvalue weighted by Gasteiger charge is 2.06. The van der Waals surface area contributed by atoms with Gasteiger partial charge in [-0.05, 0) is 17.7 Å². The fourth-order valence-electron chi connectivity index (χ4n) is 1.17. The Morgan fingerprint density at radius 3 is 2.75 bits per heavy atom. The van der Waals surface area contributed by atoms with Gasteiger partial charge in [-0.25, -0.2) is 8.78 Å². The fourth-order valence-corrected chi connectivity index (χ4v) is 1.17. The molecule has 0 aliphatic heterocycles. The molecule has 0 aliphatic rings. The van der Waals surface area contributed by atoms with E-state index in [1.165, 1.54) is 6.07 Å². The minimum Gasteiger partial charge on any atom is -0.355 e. The molecule has 84 valence electrons. The number of rotatable bonds is 4. The minimum absolute atomic E-state index is 0.0156. The maximum atomic E-state index is 12.8. The molecule has 1 aromatic carbocycles. The van der Waals surface area contributed by atoms with Crippen molar-refractivity contribution in [2.24, 2.45) is 0 Å². The number of terminal acetylenes is 1. The van der Waals surface area contributed by atoms with Gasteiger partial charge >= 0.3 is 0 Å². The number of hydrogen-bond acceptors (Lipinski definition) is 1. The van der Waals surface area contributed by atoms with E-state index in [-0.39, 0.29) is 12.3 Å². The minimum atomic E-state index is -0.950. The van der Waals surface area contributed by atoms with Gasteiger partial charge in [0.1, 0.15) is 0 Å². The highest BCUT2D eigenvalue weighted by Crippen LogP contribution is 2.08.